The Balaban J connectivity index is 1.21. The van der Waals surface area contributed by atoms with E-state index in [0.717, 1.165) is 62.5 Å². The fourth-order valence-electron chi connectivity index (χ4n) is 5.51. The Morgan fingerprint density at radius 2 is 1.00 bits per heavy atom. The highest BCUT2D eigenvalue weighted by Crippen LogP contribution is 2.44. The molecule has 200 valence electrons. The smallest absolute Gasteiger partial charge is 0.395 e. The van der Waals surface area contributed by atoms with Crippen LogP contribution in [-0.4, -0.2) is 16.5 Å². The molecular formula is C30H39O6P. The molecule has 2 aromatic carbocycles. The van der Waals surface area contributed by atoms with Gasteiger partial charge in [-0.3, -0.25) is 14.5 Å². The molecule has 6 nitrogen and oxygen atoms in total. The number of hydrogen-bond acceptors (Lipinski definition) is 5. The Morgan fingerprint density at radius 3 is 1.35 bits per heavy atom. The summed E-state index contributed by atoms with van der Waals surface area (Å²) in [6, 6.07) is 13.7. The van der Waals surface area contributed by atoms with Gasteiger partial charge in [0.05, 0.1) is 0 Å². The third-order valence-corrected chi connectivity index (χ3v) is 8.61. The van der Waals surface area contributed by atoms with Gasteiger partial charge in [-0.2, -0.15) is 0 Å². The van der Waals surface area contributed by atoms with E-state index in [1.165, 1.54) is 12.8 Å². The molecule has 2 fully saturated rings. The molecule has 1 N–H and O–H groups in total. The van der Waals surface area contributed by atoms with E-state index in [1.54, 1.807) is 24.3 Å². The maximum atomic E-state index is 12.5. The number of ketones is 2. The molecule has 2 aliphatic rings. The van der Waals surface area contributed by atoms with Crippen molar-refractivity contribution in [2.24, 2.45) is 11.8 Å². The van der Waals surface area contributed by atoms with Crippen LogP contribution in [0.15, 0.2) is 48.5 Å². The van der Waals surface area contributed by atoms with Crippen molar-refractivity contribution in [2.75, 3.05) is 0 Å². The molecule has 0 spiro atoms. The topological polar surface area (TPSA) is 89.9 Å². The first-order valence-electron chi connectivity index (χ1n) is 13.8. The van der Waals surface area contributed by atoms with Crippen LogP contribution in [0.5, 0.6) is 11.5 Å². The average molecular weight is 527 g/mol. The molecule has 0 unspecified atom stereocenters. The summed E-state index contributed by atoms with van der Waals surface area (Å²) >= 11 is 0. The highest BCUT2D eigenvalue weighted by atomic mass is 31.2. The highest BCUT2D eigenvalue weighted by molar-refractivity contribution is 7.48. The van der Waals surface area contributed by atoms with Crippen molar-refractivity contribution in [3.8, 4) is 11.5 Å². The van der Waals surface area contributed by atoms with Gasteiger partial charge in [0.25, 0.3) is 0 Å². The van der Waals surface area contributed by atoms with Crippen molar-refractivity contribution >= 4 is 19.4 Å². The quantitative estimate of drug-likeness (QED) is 0.290. The van der Waals surface area contributed by atoms with Gasteiger partial charge in [-0.1, -0.05) is 62.8 Å². The van der Waals surface area contributed by atoms with Crippen LogP contribution in [0.2, 0.25) is 0 Å². The van der Waals surface area contributed by atoms with Crippen molar-refractivity contribution in [1.29, 1.82) is 0 Å². The molecule has 2 aromatic rings. The van der Waals surface area contributed by atoms with Gasteiger partial charge in [0.15, 0.2) is 0 Å². The Hall–Kier alpha value is -2.43. The maximum Gasteiger partial charge on any atom is 0.584 e. The first-order valence-corrected chi connectivity index (χ1v) is 15.3. The summed E-state index contributed by atoms with van der Waals surface area (Å²) in [7, 11) is -4.37. The standard InChI is InChI=1S/C30H39O6P/c31-29(25-7-3-1-4-8-25)21-15-23-11-17-27(18-12-23)35-37(33,34)36-28-19-13-24(14-20-28)16-22-30(32)26-9-5-2-6-10-26/h11-14,17-20,25-26H,1-10,15-16,21-22H2,(H,33,34). The first-order chi connectivity index (χ1) is 17.9. The van der Waals surface area contributed by atoms with E-state index >= 15 is 0 Å². The monoisotopic (exact) mass is 526 g/mol. The van der Waals surface area contributed by atoms with E-state index in [4.69, 9.17) is 9.05 Å². The molecule has 4 rings (SSSR count). The van der Waals surface area contributed by atoms with E-state index in [9.17, 15) is 19.0 Å². The number of rotatable bonds is 12. The molecule has 0 aliphatic heterocycles. The average Bonchev–Trinajstić information content (AvgIpc) is 2.92. The van der Waals surface area contributed by atoms with Crippen LogP contribution >= 0.6 is 7.82 Å². The normalized spacial score (nSPS) is 17.3. The van der Waals surface area contributed by atoms with Crippen LogP contribution in [0.1, 0.15) is 88.2 Å². The predicted octanol–water partition coefficient (Wildman–Crippen LogP) is 7.41. The van der Waals surface area contributed by atoms with Gasteiger partial charge < -0.3 is 9.05 Å². The van der Waals surface area contributed by atoms with E-state index in [-0.39, 0.29) is 23.3 Å². The molecule has 2 aliphatic carbocycles. The third kappa shape index (κ3) is 8.83. The summed E-state index contributed by atoms with van der Waals surface area (Å²) in [5.74, 6) is 1.57. The van der Waals surface area contributed by atoms with Gasteiger partial charge in [0, 0.05) is 24.7 Å². The van der Waals surface area contributed by atoms with Crippen LogP contribution in [-0.2, 0) is 27.0 Å². The van der Waals surface area contributed by atoms with Gasteiger partial charge in [-0.25, -0.2) is 4.57 Å². The van der Waals surface area contributed by atoms with E-state index in [0.29, 0.717) is 37.2 Å². The summed E-state index contributed by atoms with van der Waals surface area (Å²) in [5.41, 5.74) is 1.98. The van der Waals surface area contributed by atoms with Gasteiger partial charge >= 0.3 is 7.82 Å². The molecular weight excluding hydrogens is 487 g/mol. The summed E-state index contributed by atoms with van der Waals surface area (Å²) in [5, 5.41) is 0. The minimum absolute atomic E-state index is 0.215. The number of benzene rings is 2. The molecule has 0 bridgehead atoms. The summed E-state index contributed by atoms with van der Waals surface area (Å²) in [4.78, 5) is 35.1. The molecule has 7 heteroatoms. The second-order valence-electron chi connectivity index (χ2n) is 10.5. The van der Waals surface area contributed by atoms with Crippen LogP contribution in [0, 0.1) is 11.8 Å². The number of carbonyl (C=O) groups excluding carboxylic acids is 2. The van der Waals surface area contributed by atoms with Crippen LogP contribution in [0.25, 0.3) is 0 Å². The lowest BCUT2D eigenvalue weighted by molar-refractivity contribution is -0.124. The Bertz CT molecular complexity index is 983. The van der Waals surface area contributed by atoms with E-state index < -0.39 is 7.82 Å². The van der Waals surface area contributed by atoms with Crippen molar-refractivity contribution < 1.29 is 28.1 Å². The summed E-state index contributed by atoms with van der Waals surface area (Å²) in [6.45, 7) is 0. The molecule has 0 saturated heterocycles. The van der Waals surface area contributed by atoms with Crippen LogP contribution in [0.3, 0.4) is 0 Å². The predicted molar refractivity (Wildman–Crippen MR) is 144 cm³/mol. The zero-order valence-electron chi connectivity index (χ0n) is 21.6. The number of Topliss-reactive ketones (excluding diaryl/α,β-unsaturated/α-hetero) is 2. The molecule has 0 amide bonds. The molecule has 0 heterocycles. The van der Waals surface area contributed by atoms with E-state index in [1.807, 2.05) is 24.3 Å². The molecule has 0 radical (unpaired) electrons. The highest BCUT2D eigenvalue weighted by Gasteiger charge is 2.26. The lowest BCUT2D eigenvalue weighted by Crippen LogP contribution is -2.18. The Morgan fingerprint density at radius 1 is 0.649 bits per heavy atom. The maximum absolute atomic E-state index is 12.5. The van der Waals surface area contributed by atoms with Crippen molar-refractivity contribution in [3.05, 3.63) is 59.7 Å². The number of carbonyl (C=O) groups is 2. The van der Waals surface area contributed by atoms with Gasteiger partial charge in [0.1, 0.15) is 23.1 Å². The zero-order valence-corrected chi connectivity index (χ0v) is 22.5. The van der Waals surface area contributed by atoms with Crippen molar-refractivity contribution in [1.82, 2.24) is 0 Å². The number of phosphoric acid groups is 1. The van der Waals surface area contributed by atoms with E-state index in [2.05, 4.69) is 0 Å². The Labute approximate surface area is 220 Å². The molecule has 0 aromatic heterocycles. The SMILES string of the molecule is O=C(CCc1ccc(OP(=O)(O)Oc2ccc(CCC(=O)C3CCCCC3)cc2)cc1)C1CCCCC1. The lowest BCUT2D eigenvalue weighted by Gasteiger charge is -2.20. The molecule has 0 atom stereocenters. The largest absolute Gasteiger partial charge is 0.584 e. The zero-order chi connectivity index (χ0) is 26.1. The molecule has 2 saturated carbocycles. The summed E-state index contributed by atoms with van der Waals surface area (Å²) in [6.07, 6.45) is 13.5. The minimum atomic E-state index is -4.37. The number of phosphoric ester groups is 1. The minimum Gasteiger partial charge on any atom is -0.395 e. The first kappa shape index (κ1) is 27.6. The van der Waals surface area contributed by atoms with Crippen molar-refractivity contribution in [2.45, 2.75) is 89.9 Å². The third-order valence-electron chi connectivity index (χ3n) is 7.73. The van der Waals surface area contributed by atoms with Crippen LogP contribution in [0.4, 0.5) is 0 Å². The van der Waals surface area contributed by atoms with Gasteiger partial charge in [-0.15, -0.1) is 0 Å². The van der Waals surface area contributed by atoms with Gasteiger partial charge in [-0.05, 0) is 73.9 Å². The number of hydrogen-bond donors (Lipinski definition) is 1. The van der Waals surface area contributed by atoms with Gasteiger partial charge in [0.2, 0.25) is 0 Å². The Kier molecular flexibility index (Phi) is 9.99. The van der Waals surface area contributed by atoms with Crippen molar-refractivity contribution in [3.63, 3.8) is 0 Å². The summed E-state index contributed by atoms with van der Waals surface area (Å²) < 4.78 is 23.0. The molecule has 37 heavy (non-hydrogen) atoms. The number of aryl methyl sites for hydroxylation is 2. The lowest BCUT2D eigenvalue weighted by atomic mass is 9.84. The fraction of sp³-hybridized carbons (Fsp3) is 0.533. The second-order valence-corrected chi connectivity index (χ2v) is 11.8. The fourth-order valence-corrected chi connectivity index (χ4v) is 6.32. The second kappa shape index (κ2) is 13.4. The van der Waals surface area contributed by atoms with Crippen LogP contribution < -0.4 is 9.05 Å².